The summed E-state index contributed by atoms with van der Waals surface area (Å²) in [6.07, 6.45) is -0.742. The fraction of sp³-hybridized carbons (Fsp3) is 0.350. The van der Waals surface area contributed by atoms with Gasteiger partial charge in [-0.15, -0.1) is 0 Å². The van der Waals surface area contributed by atoms with Gasteiger partial charge >= 0.3 is 5.97 Å². The van der Waals surface area contributed by atoms with Crippen LogP contribution in [-0.2, 0) is 15.8 Å². The molecule has 2 aliphatic rings. The van der Waals surface area contributed by atoms with Gasteiger partial charge in [-0.1, -0.05) is 42.5 Å². The molecule has 4 rings (SSSR count). The Morgan fingerprint density at radius 3 is 2.61 bits per heavy atom. The molecule has 148 valence electrons. The molecule has 1 saturated carbocycles. The van der Waals surface area contributed by atoms with Gasteiger partial charge in [-0.25, -0.2) is 17.9 Å². The van der Waals surface area contributed by atoms with Crippen LogP contribution in [0.3, 0.4) is 0 Å². The van der Waals surface area contributed by atoms with Crippen molar-refractivity contribution in [2.24, 2.45) is 5.92 Å². The molecule has 0 amide bonds. The quantitative estimate of drug-likeness (QED) is 0.677. The van der Waals surface area contributed by atoms with Crippen LogP contribution in [0.5, 0.6) is 5.75 Å². The van der Waals surface area contributed by atoms with Crippen molar-refractivity contribution in [3.05, 3.63) is 65.2 Å². The van der Waals surface area contributed by atoms with Crippen LogP contribution < -0.4 is 9.46 Å². The molecule has 7 nitrogen and oxygen atoms in total. The summed E-state index contributed by atoms with van der Waals surface area (Å²) in [5.41, 5.74) is 1.49. The zero-order valence-corrected chi connectivity index (χ0v) is 15.8. The number of rotatable bonds is 6. The molecule has 2 aromatic rings. The second kappa shape index (κ2) is 7.20. The molecule has 2 aromatic carbocycles. The zero-order chi connectivity index (χ0) is 19.9. The lowest BCUT2D eigenvalue weighted by Gasteiger charge is -2.21. The molecular formula is C20H21NO6S. The monoisotopic (exact) mass is 403 g/mol. The van der Waals surface area contributed by atoms with E-state index in [-0.39, 0.29) is 35.8 Å². The predicted octanol–water partition coefficient (Wildman–Crippen LogP) is 1.73. The Morgan fingerprint density at radius 1 is 1.14 bits per heavy atom. The summed E-state index contributed by atoms with van der Waals surface area (Å²) in [5, 5.41) is 19.8. The maximum Gasteiger partial charge on any atom is 0.339 e. The summed E-state index contributed by atoms with van der Waals surface area (Å²) in [5.74, 6) is -1.52. The van der Waals surface area contributed by atoms with Gasteiger partial charge in [-0.3, -0.25) is 0 Å². The standard InChI is InChI=1S/C20H21NO6S/c22-16-9-17-18(13-7-4-8-14(20(23)24)19(13)27-17)15(16)10-21-28(25,26)11-12-5-2-1-3-6-12/h1-8,15-18,21-22H,9-11H2,(H,23,24). The minimum absolute atomic E-state index is 0.0671. The van der Waals surface area contributed by atoms with Crippen molar-refractivity contribution in [2.45, 2.75) is 30.3 Å². The molecule has 4 atom stereocenters. The fourth-order valence-electron chi connectivity index (χ4n) is 4.23. The summed E-state index contributed by atoms with van der Waals surface area (Å²) >= 11 is 0. The van der Waals surface area contributed by atoms with Crippen molar-refractivity contribution in [1.29, 1.82) is 0 Å². The molecule has 0 radical (unpaired) electrons. The van der Waals surface area contributed by atoms with E-state index in [1.54, 1.807) is 36.4 Å². The van der Waals surface area contributed by atoms with Crippen LogP contribution in [0.1, 0.15) is 33.8 Å². The molecule has 0 bridgehead atoms. The SMILES string of the molecule is O=C(O)c1cccc2c1OC1CC(O)C(CNS(=O)(=O)Cc3ccccc3)C21. The summed E-state index contributed by atoms with van der Waals surface area (Å²) < 4.78 is 33.3. The molecule has 0 saturated heterocycles. The topological polar surface area (TPSA) is 113 Å². The molecule has 1 heterocycles. The van der Waals surface area contributed by atoms with Crippen LogP contribution in [0.15, 0.2) is 48.5 Å². The lowest BCUT2D eigenvalue weighted by molar-refractivity contribution is 0.0690. The first kappa shape index (κ1) is 18.9. The molecule has 28 heavy (non-hydrogen) atoms. The lowest BCUT2D eigenvalue weighted by Crippen LogP contribution is -2.35. The number of carbonyl (C=O) groups is 1. The van der Waals surface area contributed by atoms with Gasteiger partial charge in [-0.2, -0.15) is 0 Å². The Labute approximate surface area is 163 Å². The number of carboxylic acids is 1. The number of fused-ring (bicyclic) bond motifs is 3. The Balaban J connectivity index is 1.52. The van der Waals surface area contributed by atoms with E-state index in [0.29, 0.717) is 23.3 Å². The summed E-state index contributed by atoms with van der Waals surface area (Å²) in [6.45, 7) is 0.0671. The van der Waals surface area contributed by atoms with E-state index in [1.165, 1.54) is 6.07 Å². The van der Waals surface area contributed by atoms with Crippen molar-refractivity contribution in [2.75, 3.05) is 6.54 Å². The van der Waals surface area contributed by atoms with Gasteiger partial charge in [0.1, 0.15) is 17.4 Å². The summed E-state index contributed by atoms with van der Waals surface area (Å²) in [4.78, 5) is 11.4. The third kappa shape index (κ3) is 3.50. The molecular weight excluding hydrogens is 382 g/mol. The van der Waals surface area contributed by atoms with Crippen molar-refractivity contribution in [3.63, 3.8) is 0 Å². The first-order valence-corrected chi connectivity index (χ1v) is 10.7. The van der Waals surface area contributed by atoms with Gasteiger partial charge < -0.3 is 14.9 Å². The number of benzene rings is 2. The van der Waals surface area contributed by atoms with E-state index in [0.717, 1.165) is 0 Å². The zero-order valence-electron chi connectivity index (χ0n) is 15.0. The van der Waals surface area contributed by atoms with Gasteiger partial charge in [-0.05, 0) is 11.6 Å². The number of sulfonamides is 1. The third-order valence-corrected chi connectivity index (χ3v) is 6.79. The minimum atomic E-state index is -3.57. The second-order valence-electron chi connectivity index (χ2n) is 7.27. The van der Waals surface area contributed by atoms with Gasteiger partial charge in [0, 0.05) is 30.4 Å². The van der Waals surface area contributed by atoms with Gasteiger partial charge in [0.05, 0.1) is 11.9 Å². The maximum atomic E-state index is 12.4. The van der Waals surface area contributed by atoms with Crippen molar-refractivity contribution in [3.8, 4) is 5.75 Å². The van der Waals surface area contributed by atoms with Crippen molar-refractivity contribution in [1.82, 2.24) is 4.72 Å². The van der Waals surface area contributed by atoms with Gasteiger partial charge in [0.2, 0.25) is 10.0 Å². The summed E-state index contributed by atoms with van der Waals surface area (Å²) in [6, 6.07) is 13.8. The van der Waals surface area contributed by atoms with E-state index < -0.39 is 22.1 Å². The molecule has 0 spiro atoms. The minimum Gasteiger partial charge on any atom is -0.488 e. The van der Waals surface area contributed by atoms with E-state index in [9.17, 15) is 23.4 Å². The average molecular weight is 403 g/mol. The van der Waals surface area contributed by atoms with E-state index >= 15 is 0 Å². The molecule has 8 heteroatoms. The van der Waals surface area contributed by atoms with Gasteiger partial charge in [0.15, 0.2) is 0 Å². The Bertz CT molecular complexity index is 991. The highest BCUT2D eigenvalue weighted by atomic mass is 32.2. The number of carboxylic acid groups (broad SMARTS) is 1. The second-order valence-corrected chi connectivity index (χ2v) is 9.08. The third-order valence-electron chi connectivity index (χ3n) is 5.47. The molecule has 4 unspecified atom stereocenters. The maximum absolute atomic E-state index is 12.4. The van der Waals surface area contributed by atoms with Gasteiger partial charge in [0.25, 0.3) is 0 Å². The van der Waals surface area contributed by atoms with Crippen molar-refractivity contribution >= 4 is 16.0 Å². The fourth-order valence-corrected chi connectivity index (χ4v) is 5.41. The summed E-state index contributed by atoms with van der Waals surface area (Å²) in [7, 11) is -3.57. The average Bonchev–Trinajstić information content (AvgIpc) is 3.14. The molecule has 0 aromatic heterocycles. The Kier molecular flexibility index (Phi) is 4.86. The van der Waals surface area contributed by atoms with E-state index in [2.05, 4.69) is 4.72 Å². The van der Waals surface area contributed by atoms with Crippen LogP contribution in [-0.4, -0.2) is 43.4 Å². The number of aliphatic hydroxyl groups is 1. The largest absolute Gasteiger partial charge is 0.488 e. The lowest BCUT2D eigenvalue weighted by atomic mass is 9.87. The number of nitrogens with one attached hydrogen (secondary N) is 1. The number of aliphatic hydroxyl groups excluding tert-OH is 1. The smallest absolute Gasteiger partial charge is 0.339 e. The first-order chi connectivity index (χ1) is 13.4. The molecule has 1 aliphatic heterocycles. The predicted molar refractivity (Wildman–Crippen MR) is 102 cm³/mol. The highest BCUT2D eigenvalue weighted by molar-refractivity contribution is 7.88. The Hall–Kier alpha value is -2.42. The normalized spacial score (nSPS) is 25.8. The highest BCUT2D eigenvalue weighted by Gasteiger charge is 2.50. The molecule has 1 aliphatic carbocycles. The van der Waals surface area contributed by atoms with Crippen LogP contribution in [0.4, 0.5) is 0 Å². The number of ether oxygens (including phenoxy) is 1. The molecule has 3 N–H and O–H groups in total. The number of para-hydroxylation sites is 1. The Morgan fingerprint density at radius 2 is 1.89 bits per heavy atom. The highest BCUT2D eigenvalue weighted by Crippen LogP contribution is 2.51. The number of hydrogen-bond donors (Lipinski definition) is 3. The number of aromatic carboxylic acids is 1. The van der Waals surface area contributed by atoms with Crippen LogP contribution >= 0.6 is 0 Å². The van der Waals surface area contributed by atoms with Crippen LogP contribution in [0.2, 0.25) is 0 Å². The van der Waals surface area contributed by atoms with Crippen LogP contribution in [0, 0.1) is 5.92 Å². The van der Waals surface area contributed by atoms with E-state index in [4.69, 9.17) is 4.74 Å². The first-order valence-electron chi connectivity index (χ1n) is 9.08. The molecule has 1 fully saturated rings. The number of hydrogen-bond acceptors (Lipinski definition) is 5. The van der Waals surface area contributed by atoms with Crippen molar-refractivity contribution < 1.29 is 28.2 Å². The van der Waals surface area contributed by atoms with Crippen LogP contribution in [0.25, 0.3) is 0 Å². The van der Waals surface area contributed by atoms with E-state index in [1.807, 2.05) is 6.07 Å².